The molecular formula is C20H14N2O3. The van der Waals surface area contributed by atoms with E-state index in [1.54, 1.807) is 12.1 Å². The molecule has 0 aliphatic rings. The SMILES string of the molecule is Cc1ccc([N+](=O)[O-])c(-c2ccc3nc(-c4ccccc4)oc3c2)c1. The molecule has 0 atom stereocenters. The van der Waals surface area contributed by atoms with E-state index in [2.05, 4.69) is 4.98 Å². The van der Waals surface area contributed by atoms with E-state index in [1.165, 1.54) is 6.07 Å². The Bertz CT molecular complexity index is 1080. The minimum absolute atomic E-state index is 0.0766. The maximum atomic E-state index is 11.3. The van der Waals surface area contributed by atoms with Crippen molar-refractivity contribution in [1.82, 2.24) is 4.98 Å². The molecule has 0 N–H and O–H groups in total. The van der Waals surface area contributed by atoms with Crippen LogP contribution < -0.4 is 0 Å². The third-order valence-corrected chi connectivity index (χ3v) is 4.07. The molecule has 0 aliphatic heterocycles. The highest BCUT2D eigenvalue weighted by Gasteiger charge is 2.17. The number of benzene rings is 3. The molecule has 5 heteroatoms. The van der Waals surface area contributed by atoms with Gasteiger partial charge in [0.15, 0.2) is 5.58 Å². The van der Waals surface area contributed by atoms with E-state index in [-0.39, 0.29) is 10.6 Å². The number of fused-ring (bicyclic) bond motifs is 1. The van der Waals surface area contributed by atoms with Crippen molar-refractivity contribution >= 4 is 16.8 Å². The highest BCUT2D eigenvalue weighted by Crippen LogP contribution is 2.33. The first-order valence-electron chi connectivity index (χ1n) is 7.83. The van der Waals surface area contributed by atoms with Crippen LogP contribution in [0.2, 0.25) is 0 Å². The van der Waals surface area contributed by atoms with Crippen LogP contribution in [0.4, 0.5) is 5.69 Å². The fourth-order valence-corrected chi connectivity index (χ4v) is 2.84. The lowest BCUT2D eigenvalue weighted by Crippen LogP contribution is -1.92. The zero-order chi connectivity index (χ0) is 17.4. The number of hydrogen-bond acceptors (Lipinski definition) is 4. The molecule has 0 spiro atoms. The molecule has 0 aliphatic carbocycles. The molecule has 5 nitrogen and oxygen atoms in total. The molecule has 4 rings (SSSR count). The summed E-state index contributed by atoms with van der Waals surface area (Å²) in [6.45, 7) is 1.91. The van der Waals surface area contributed by atoms with Gasteiger partial charge in [-0.1, -0.05) is 35.9 Å². The van der Waals surface area contributed by atoms with Crippen LogP contribution in [0.25, 0.3) is 33.7 Å². The van der Waals surface area contributed by atoms with Crippen molar-refractivity contribution in [2.75, 3.05) is 0 Å². The summed E-state index contributed by atoms with van der Waals surface area (Å²) in [6, 6.07) is 20.2. The van der Waals surface area contributed by atoms with Crippen LogP contribution in [0, 0.1) is 17.0 Å². The summed E-state index contributed by atoms with van der Waals surface area (Å²) in [4.78, 5) is 15.5. The van der Waals surface area contributed by atoms with E-state index in [1.807, 2.05) is 55.5 Å². The minimum atomic E-state index is -0.366. The van der Waals surface area contributed by atoms with E-state index in [9.17, 15) is 10.1 Å². The van der Waals surface area contributed by atoms with Gasteiger partial charge in [0.25, 0.3) is 5.69 Å². The van der Waals surface area contributed by atoms with Gasteiger partial charge in [-0.3, -0.25) is 10.1 Å². The first-order chi connectivity index (χ1) is 12.1. The van der Waals surface area contributed by atoms with Gasteiger partial charge in [0.2, 0.25) is 5.89 Å². The van der Waals surface area contributed by atoms with Crippen LogP contribution in [0.1, 0.15) is 5.56 Å². The van der Waals surface area contributed by atoms with E-state index < -0.39 is 0 Å². The van der Waals surface area contributed by atoms with Gasteiger partial charge in [0.1, 0.15) is 5.52 Å². The Morgan fingerprint density at radius 1 is 0.960 bits per heavy atom. The Morgan fingerprint density at radius 3 is 2.52 bits per heavy atom. The number of nitro groups is 1. The van der Waals surface area contributed by atoms with Crippen molar-refractivity contribution in [3.63, 3.8) is 0 Å². The van der Waals surface area contributed by atoms with E-state index in [4.69, 9.17) is 4.42 Å². The Labute approximate surface area is 143 Å². The first-order valence-corrected chi connectivity index (χ1v) is 7.83. The summed E-state index contributed by atoms with van der Waals surface area (Å²) in [5, 5.41) is 11.3. The average Bonchev–Trinajstić information content (AvgIpc) is 3.05. The molecule has 25 heavy (non-hydrogen) atoms. The Kier molecular flexibility index (Phi) is 3.54. The zero-order valence-electron chi connectivity index (χ0n) is 13.5. The van der Waals surface area contributed by atoms with Gasteiger partial charge < -0.3 is 4.42 Å². The van der Waals surface area contributed by atoms with Crippen LogP contribution in [0.15, 0.2) is 71.1 Å². The van der Waals surface area contributed by atoms with Crippen molar-refractivity contribution in [3.8, 4) is 22.6 Å². The number of rotatable bonds is 3. The smallest absolute Gasteiger partial charge is 0.277 e. The monoisotopic (exact) mass is 330 g/mol. The summed E-state index contributed by atoms with van der Waals surface area (Å²) in [5.74, 6) is 0.534. The lowest BCUT2D eigenvalue weighted by molar-refractivity contribution is -0.384. The number of nitrogens with zero attached hydrogens (tertiary/aromatic N) is 2. The number of hydrogen-bond donors (Lipinski definition) is 0. The third-order valence-electron chi connectivity index (χ3n) is 4.07. The van der Waals surface area contributed by atoms with Gasteiger partial charge >= 0.3 is 0 Å². The van der Waals surface area contributed by atoms with Crippen molar-refractivity contribution in [2.24, 2.45) is 0 Å². The van der Waals surface area contributed by atoms with Crippen LogP contribution in [0.3, 0.4) is 0 Å². The second-order valence-electron chi connectivity index (χ2n) is 5.85. The highest BCUT2D eigenvalue weighted by atomic mass is 16.6. The van der Waals surface area contributed by atoms with Crippen molar-refractivity contribution < 1.29 is 9.34 Å². The third kappa shape index (κ3) is 2.76. The standard InChI is InChI=1S/C20H14N2O3/c1-13-7-10-18(22(23)24)16(11-13)15-8-9-17-19(12-15)25-20(21-17)14-5-3-2-4-6-14/h2-12H,1H3. The molecular weight excluding hydrogens is 316 g/mol. The summed E-state index contributed by atoms with van der Waals surface area (Å²) in [6.07, 6.45) is 0. The largest absolute Gasteiger partial charge is 0.436 e. The Hall–Kier alpha value is -3.47. The molecule has 0 amide bonds. The quantitative estimate of drug-likeness (QED) is 0.373. The minimum Gasteiger partial charge on any atom is -0.436 e. The Balaban J connectivity index is 1.85. The molecule has 0 fully saturated rings. The van der Waals surface area contributed by atoms with Gasteiger partial charge in [-0.2, -0.15) is 0 Å². The van der Waals surface area contributed by atoms with Crippen LogP contribution >= 0.6 is 0 Å². The summed E-state index contributed by atoms with van der Waals surface area (Å²) in [7, 11) is 0. The molecule has 0 radical (unpaired) electrons. The van der Waals surface area contributed by atoms with Crippen molar-refractivity contribution in [3.05, 3.63) is 82.4 Å². The molecule has 1 aromatic heterocycles. The summed E-state index contributed by atoms with van der Waals surface area (Å²) >= 11 is 0. The zero-order valence-corrected chi connectivity index (χ0v) is 13.5. The predicted octanol–water partition coefficient (Wildman–Crippen LogP) is 5.38. The maximum absolute atomic E-state index is 11.3. The molecule has 0 unspecified atom stereocenters. The maximum Gasteiger partial charge on any atom is 0.277 e. The summed E-state index contributed by atoms with van der Waals surface area (Å²) in [5.41, 5.74) is 4.56. The first kappa shape index (κ1) is 15.1. The molecule has 0 saturated heterocycles. The van der Waals surface area contributed by atoms with E-state index in [0.29, 0.717) is 17.0 Å². The van der Waals surface area contributed by atoms with Crippen LogP contribution in [-0.2, 0) is 0 Å². The summed E-state index contributed by atoms with van der Waals surface area (Å²) < 4.78 is 5.87. The number of nitro benzene ring substituents is 1. The van der Waals surface area contributed by atoms with Gasteiger partial charge in [-0.15, -0.1) is 0 Å². The number of aromatic nitrogens is 1. The van der Waals surface area contributed by atoms with E-state index >= 15 is 0 Å². The topological polar surface area (TPSA) is 69.2 Å². The molecule has 3 aromatic carbocycles. The molecule has 1 heterocycles. The molecule has 4 aromatic rings. The lowest BCUT2D eigenvalue weighted by atomic mass is 10.0. The second-order valence-corrected chi connectivity index (χ2v) is 5.85. The molecule has 0 saturated carbocycles. The lowest BCUT2D eigenvalue weighted by Gasteiger charge is -2.04. The van der Waals surface area contributed by atoms with E-state index in [0.717, 1.165) is 22.2 Å². The van der Waals surface area contributed by atoms with Crippen LogP contribution in [0.5, 0.6) is 0 Å². The average molecular weight is 330 g/mol. The predicted molar refractivity (Wildman–Crippen MR) is 96.3 cm³/mol. The fraction of sp³-hybridized carbons (Fsp3) is 0.0500. The van der Waals surface area contributed by atoms with Crippen molar-refractivity contribution in [1.29, 1.82) is 0 Å². The molecule has 0 bridgehead atoms. The highest BCUT2D eigenvalue weighted by molar-refractivity contribution is 5.84. The van der Waals surface area contributed by atoms with Gasteiger partial charge in [-0.05, 0) is 42.8 Å². The number of aryl methyl sites for hydroxylation is 1. The van der Waals surface area contributed by atoms with Crippen LogP contribution in [-0.4, -0.2) is 9.91 Å². The molecule has 122 valence electrons. The van der Waals surface area contributed by atoms with Crippen molar-refractivity contribution in [2.45, 2.75) is 6.92 Å². The number of oxazole rings is 1. The Morgan fingerprint density at radius 2 is 1.76 bits per heavy atom. The van der Waals surface area contributed by atoms with Gasteiger partial charge in [0.05, 0.1) is 10.5 Å². The second kappa shape index (κ2) is 5.87. The van der Waals surface area contributed by atoms with Gasteiger partial charge in [0, 0.05) is 11.6 Å². The fourth-order valence-electron chi connectivity index (χ4n) is 2.84. The van der Waals surface area contributed by atoms with Gasteiger partial charge in [-0.25, -0.2) is 4.98 Å². The normalized spacial score (nSPS) is 10.9.